The van der Waals surface area contributed by atoms with Crippen LogP contribution in [0, 0.1) is 6.92 Å². The molecular formula is C21H27N3O6S2. The van der Waals surface area contributed by atoms with E-state index in [2.05, 4.69) is 10.0 Å². The number of ether oxygens (including phenoxy) is 1. The second kappa shape index (κ2) is 9.47. The molecule has 1 amide bonds. The van der Waals surface area contributed by atoms with Crippen molar-refractivity contribution in [3.05, 3.63) is 53.6 Å². The van der Waals surface area contributed by atoms with E-state index >= 15 is 0 Å². The van der Waals surface area contributed by atoms with Crippen molar-refractivity contribution >= 4 is 31.6 Å². The van der Waals surface area contributed by atoms with Gasteiger partial charge in [0.25, 0.3) is 15.9 Å². The highest BCUT2D eigenvalue weighted by atomic mass is 32.2. The zero-order chi connectivity index (χ0) is 23.5. The van der Waals surface area contributed by atoms with Crippen molar-refractivity contribution in [2.75, 3.05) is 31.2 Å². The van der Waals surface area contributed by atoms with Gasteiger partial charge in [0, 0.05) is 30.4 Å². The SMILES string of the molecule is COc1ccc(C(=O)NC2CCN(S(C)(=O)=O)CC2)cc1S(=O)(=O)Nc1ccc(C)cc1. The van der Waals surface area contributed by atoms with Gasteiger partial charge in [0.15, 0.2) is 0 Å². The van der Waals surface area contributed by atoms with Gasteiger partial charge in [0.1, 0.15) is 10.6 Å². The van der Waals surface area contributed by atoms with Gasteiger partial charge in [0.2, 0.25) is 10.0 Å². The number of carbonyl (C=O) groups excluding carboxylic acids is 1. The molecule has 1 fully saturated rings. The molecule has 2 N–H and O–H groups in total. The fourth-order valence-corrected chi connectivity index (χ4v) is 5.59. The lowest BCUT2D eigenvalue weighted by Gasteiger charge is -2.30. The molecule has 0 aromatic heterocycles. The maximum Gasteiger partial charge on any atom is 0.265 e. The first-order chi connectivity index (χ1) is 15.0. The van der Waals surface area contributed by atoms with Crippen LogP contribution in [-0.2, 0) is 20.0 Å². The number of piperidine rings is 1. The van der Waals surface area contributed by atoms with Crippen LogP contribution in [0.5, 0.6) is 5.75 Å². The van der Waals surface area contributed by atoms with Crippen LogP contribution < -0.4 is 14.8 Å². The van der Waals surface area contributed by atoms with E-state index in [4.69, 9.17) is 4.74 Å². The summed E-state index contributed by atoms with van der Waals surface area (Å²) in [5.41, 5.74) is 1.55. The van der Waals surface area contributed by atoms with Crippen molar-refractivity contribution in [3.8, 4) is 5.75 Å². The number of hydrogen-bond acceptors (Lipinski definition) is 6. The van der Waals surface area contributed by atoms with Crippen molar-refractivity contribution < 1.29 is 26.4 Å². The molecule has 0 radical (unpaired) electrons. The Hall–Kier alpha value is -2.63. The van der Waals surface area contributed by atoms with Crippen LogP contribution in [0.2, 0.25) is 0 Å². The number of anilines is 1. The second-order valence-electron chi connectivity index (χ2n) is 7.75. The zero-order valence-electron chi connectivity index (χ0n) is 18.2. The maximum absolute atomic E-state index is 13.0. The molecule has 0 aliphatic carbocycles. The molecule has 1 heterocycles. The van der Waals surface area contributed by atoms with Gasteiger partial charge < -0.3 is 10.1 Å². The number of aryl methyl sites for hydroxylation is 1. The number of hydrogen-bond donors (Lipinski definition) is 2. The van der Waals surface area contributed by atoms with Crippen molar-refractivity contribution in [2.24, 2.45) is 0 Å². The number of nitrogens with zero attached hydrogens (tertiary/aromatic N) is 1. The van der Waals surface area contributed by atoms with Crippen LogP contribution in [0.15, 0.2) is 47.4 Å². The highest BCUT2D eigenvalue weighted by molar-refractivity contribution is 7.92. The van der Waals surface area contributed by atoms with E-state index in [1.54, 1.807) is 24.3 Å². The van der Waals surface area contributed by atoms with Crippen LogP contribution in [-0.4, -0.2) is 59.5 Å². The third-order valence-electron chi connectivity index (χ3n) is 5.28. The molecule has 2 aromatic rings. The number of benzene rings is 2. The molecule has 0 spiro atoms. The number of methoxy groups -OCH3 is 1. The van der Waals surface area contributed by atoms with Gasteiger partial charge >= 0.3 is 0 Å². The van der Waals surface area contributed by atoms with Crippen molar-refractivity contribution in [2.45, 2.75) is 30.7 Å². The minimum absolute atomic E-state index is 0.114. The highest BCUT2D eigenvalue weighted by Gasteiger charge is 2.27. The van der Waals surface area contributed by atoms with E-state index in [0.717, 1.165) is 11.8 Å². The Morgan fingerprint density at radius 1 is 1.03 bits per heavy atom. The number of amides is 1. The monoisotopic (exact) mass is 481 g/mol. The molecule has 2 aromatic carbocycles. The van der Waals surface area contributed by atoms with Gasteiger partial charge in [-0.05, 0) is 50.1 Å². The minimum Gasteiger partial charge on any atom is -0.495 e. The molecule has 32 heavy (non-hydrogen) atoms. The summed E-state index contributed by atoms with van der Waals surface area (Å²) >= 11 is 0. The minimum atomic E-state index is -4.01. The van der Waals surface area contributed by atoms with E-state index in [1.165, 1.54) is 29.6 Å². The fourth-order valence-electron chi connectivity index (χ4n) is 3.46. The van der Waals surface area contributed by atoms with Gasteiger partial charge in [-0.3, -0.25) is 9.52 Å². The molecule has 9 nitrogen and oxygen atoms in total. The predicted molar refractivity (Wildman–Crippen MR) is 122 cm³/mol. The Balaban J connectivity index is 1.77. The van der Waals surface area contributed by atoms with Crippen LogP contribution >= 0.6 is 0 Å². The summed E-state index contributed by atoms with van der Waals surface area (Å²) in [6.45, 7) is 2.55. The van der Waals surface area contributed by atoms with Crippen molar-refractivity contribution in [3.63, 3.8) is 0 Å². The van der Waals surface area contributed by atoms with E-state index in [9.17, 15) is 21.6 Å². The first-order valence-corrected chi connectivity index (χ1v) is 13.4. The predicted octanol–water partition coefficient (Wildman–Crippen LogP) is 1.96. The number of nitrogens with one attached hydrogen (secondary N) is 2. The van der Waals surface area contributed by atoms with E-state index in [-0.39, 0.29) is 22.3 Å². The summed E-state index contributed by atoms with van der Waals surface area (Å²) in [7, 11) is -5.91. The Morgan fingerprint density at radius 2 is 1.66 bits per heavy atom. The lowest BCUT2D eigenvalue weighted by molar-refractivity contribution is 0.0923. The molecule has 0 bridgehead atoms. The van der Waals surface area contributed by atoms with Crippen LogP contribution in [0.4, 0.5) is 5.69 Å². The van der Waals surface area contributed by atoms with Crippen LogP contribution in [0.3, 0.4) is 0 Å². The van der Waals surface area contributed by atoms with Gasteiger partial charge in [0.05, 0.1) is 13.4 Å². The molecule has 3 rings (SSSR count). The number of rotatable bonds is 7. The average molecular weight is 482 g/mol. The van der Waals surface area contributed by atoms with E-state index < -0.39 is 26.0 Å². The molecule has 11 heteroatoms. The quantitative estimate of drug-likeness (QED) is 0.623. The van der Waals surface area contributed by atoms with Crippen LogP contribution in [0.25, 0.3) is 0 Å². The van der Waals surface area contributed by atoms with Gasteiger partial charge in [-0.1, -0.05) is 17.7 Å². The molecule has 0 unspecified atom stereocenters. The Morgan fingerprint density at radius 3 is 2.22 bits per heavy atom. The third kappa shape index (κ3) is 5.78. The molecule has 0 atom stereocenters. The summed E-state index contributed by atoms with van der Waals surface area (Å²) in [6.07, 6.45) is 2.13. The third-order valence-corrected chi connectivity index (χ3v) is 7.98. The van der Waals surface area contributed by atoms with Crippen LogP contribution in [0.1, 0.15) is 28.8 Å². The maximum atomic E-state index is 13.0. The second-order valence-corrected chi connectivity index (χ2v) is 11.4. The Labute approximate surface area is 188 Å². The first kappa shape index (κ1) is 24.0. The van der Waals surface area contributed by atoms with E-state index in [0.29, 0.717) is 31.6 Å². The number of carbonyl (C=O) groups is 1. The summed E-state index contributed by atoms with van der Waals surface area (Å²) < 4.78 is 58.3. The lowest BCUT2D eigenvalue weighted by Crippen LogP contribution is -2.46. The first-order valence-electron chi connectivity index (χ1n) is 10.0. The summed E-state index contributed by atoms with van der Waals surface area (Å²) in [5.74, 6) is -0.320. The Kier molecular flexibility index (Phi) is 7.11. The normalized spacial score (nSPS) is 15.8. The summed E-state index contributed by atoms with van der Waals surface area (Å²) in [4.78, 5) is 12.6. The smallest absolute Gasteiger partial charge is 0.265 e. The van der Waals surface area contributed by atoms with Crippen molar-refractivity contribution in [1.82, 2.24) is 9.62 Å². The molecule has 1 aliphatic rings. The molecule has 1 saturated heterocycles. The summed E-state index contributed by atoms with van der Waals surface area (Å²) in [5, 5.41) is 2.86. The molecule has 174 valence electrons. The topological polar surface area (TPSA) is 122 Å². The van der Waals surface area contributed by atoms with Gasteiger partial charge in [-0.15, -0.1) is 0 Å². The van der Waals surface area contributed by atoms with Gasteiger partial charge in [-0.2, -0.15) is 0 Å². The molecule has 1 aliphatic heterocycles. The zero-order valence-corrected chi connectivity index (χ0v) is 19.8. The van der Waals surface area contributed by atoms with Crippen molar-refractivity contribution in [1.29, 1.82) is 0 Å². The highest BCUT2D eigenvalue weighted by Crippen LogP contribution is 2.27. The largest absolute Gasteiger partial charge is 0.495 e. The molecular weight excluding hydrogens is 454 g/mol. The standard InChI is InChI=1S/C21H27N3O6S2/c1-15-4-7-18(8-5-15)23-32(28,29)20-14-16(6-9-19(20)30-2)21(25)22-17-10-12-24(13-11-17)31(3,26)27/h4-9,14,17,23H,10-13H2,1-3H3,(H,22,25). The molecule has 0 saturated carbocycles. The lowest BCUT2D eigenvalue weighted by atomic mass is 10.1. The average Bonchev–Trinajstić information content (AvgIpc) is 2.74. The summed E-state index contributed by atoms with van der Waals surface area (Å²) in [6, 6.07) is 10.9. The Bertz CT molecular complexity index is 1190. The number of sulfonamides is 2. The van der Waals surface area contributed by atoms with Gasteiger partial charge in [-0.25, -0.2) is 21.1 Å². The fraction of sp³-hybridized carbons (Fsp3) is 0.381. The van der Waals surface area contributed by atoms with E-state index in [1.807, 2.05) is 6.92 Å².